The van der Waals surface area contributed by atoms with Crippen LogP contribution in [0.25, 0.3) is 0 Å². The Labute approximate surface area is 97.6 Å². The molecule has 0 radical (unpaired) electrons. The van der Waals surface area contributed by atoms with Crippen LogP contribution in [0, 0.1) is 0 Å². The van der Waals surface area contributed by atoms with Gasteiger partial charge in [0.2, 0.25) is 0 Å². The van der Waals surface area contributed by atoms with Crippen molar-refractivity contribution >= 4 is 0 Å². The normalized spacial score (nSPS) is 26.6. The zero-order valence-corrected chi connectivity index (χ0v) is 10.0. The van der Waals surface area contributed by atoms with Gasteiger partial charge in [-0.15, -0.1) is 0 Å². The maximum Gasteiger partial charge on any atom is 0.0724 e. The van der Waals surface area contributed by atoms with Crippen molar-refractivity contribution < 1.29 is 4.74 Å². The first-order valence-electron chi connectivity index (χ1n) is 6.28. The van der Waals surface area contributed by atoms with Crippen molar-refractivity contribution in [3.8, 4) is 0 Å². The molecule has 0 aromatic carbocycles. The highest BCUT2D eigenvalue weighted by Gasteiger charge is 2.22. The molecule has 16 heavy (non-hydrogen) atoms. The standard InChI is InChI=1S/C13H22N2O/c1-16-13-6-4-2-3-5-12(13)15-10-11-7-8-14-9-11/h7-9,12-15H,2-6,10H2,1H3. The summed E-state index contributed by atoms with van der Waals surface area (Å²) in [6.45, 7) is 0.939. The van der Waals surface area contributed by atoms with E-state index in [1.807, 2.05) is 19.5 Å². The first kappa shape index (κ1) is 11.7. The Hall–Kier alpha value is -0.800. The second-order valence-corrected chi connectivity index (χ2v) is 4.62. The predicted molar refractivity (Wildman–Crippen MR) is 65.3 cm³/mol. The molecule has 2 unspecified atom stereocenters. The van der Waals surface area contributed by atoms with Gasteiger partial charge in [-0.05, 0) is 24.5 Å². The molecule has 1 saturated carbocycles. The summed E-state index contributed by atoms with van der Waals surface area (Å²) in [6, 6.07) is 2.63. The van der Waals surface area contributed by atoms with Crippen LogP contribution in [0.2, 0.25) is 0 Å². The van der Waals surface area contributed by atoms with Gasteiger partial charge in [-0.1, -0.05) is 19.3 Å². The van der Waals surface area contributed by atoms with Crippen LogP contribution in [0.3, 0.4) is 0 Å². The van der Waals surface area contributed by atoms with E-state index >= 15 is 0 Å². The minimum atomic E-state index is 0.390. The quantitative estimate of drug-likeness (QED) is 0.768. The number of hydrogen-bond donors (Lipinski definition) is 2. The molecule has 3 nitrogen and oxygen atoms in total. The van der Waals surface area contributed by atoms with Crippen LogP contribution in [0.1, 0.15) is 37.7 Å². The summed E-state index contributed by atoms with van der Waals surface area (Å²) < 4.78 is 5.58. The number of aromatic amines is 1. The largest absolute Gasteiger partial charge is 0.380 e. The third kappa shape index (κ3) is 3.09. The van der Waals surface area contributed by atoms with E-state index < -0.39 is 0 Å². The number of H-pyrrole nitrogens is 1. The van der Waals surface area contributed by atoms with E-state index in [-0.39, 0.29) is 0 Å². The second kappa shape index (κ2) is 6.06. The highest BCUT2D eigenvalue weighted by molar-refractivity contribution is 5.08. The molecule has 0 aliphatic heterocycles. The summed E-state index contributed by atoms with van der Waals surface area (Å²) in [5.74, 6) is 0. The van der Waals surface area contributed by atoms with Gasteiger partial charge < -0.3 is 15.0 Å². The Morgan fingerprint density at radius 1 is 1.38 bits per heavy atom. The zero-order valence-electron chi connectivity index (χ0n) is 10.0. The molecule has 1 heterocycles. The van der Waals surface area contributed by atoms with Gasteiger partial charge in [0.25, 0.3) is 0 Å². The lowest BCUT2D eigenvalue weighted by molar-refractivity contribution is 0.0626. The lowest BCUT2D eigenvalue weighted by Gasteiger charge is -2.24. The molecule has 2 atom stereocenters. The average Bonchev–Trinajstić information content (AvgIpc) is 2.71. The van der Waals surface area contributed by atoms with Crippen LogP contribution in [-0.2, 0) is 11.3 Å². The zero-order chi connectivity index (χ0) is 11.2. The number of hydrogen-bond acceptors (Lipinski definition) is 2. The third-order valence-electron chi connectivity index (χ3n) is 3.49. The Bertz CT molecular complexity index is 284. The van der Waals surface area contributed by atoms with Crippen LogP contribution in [0.5, 0.6) is 0 Å². The van der Waals surface area contributed by atoms with Crippen molar-refractivity contribution in [1.29, 1.82) is 0 Å². The van der Waals surface area contributed by atoms with Gasteiger partial charge in [0.1, 0.15) is 0 Å². The summed E-state index contributed by atoms with van der Waals surface area (Å²) >= 11 is 0. The molecule has 0 amide bonds. The van der Waals surface area contributed by atoms with Crippen LogP contribution >= 0.6 is 0 Å². The van der Waals surface area contributed by atoms with Crippen molar-refractivity contribution in [3.05, 3.63) is 24.0 Å². The number of rotatable bonds is 4. The van der Waals surface area contributed by atoms with Crippen LogP contribution in [-0.4, -0.2) is 24.2 Å². The van der Waals surface area contributed by atoms with E-state index in [4.69, 9.17) is 4.74 Å². The van der Waals surface area contributed by atoms with Gasteiger partial charge in [0.05, 0.1) is 6.10 Å². The highest BCUT2D eigenvalue weighted by Crippen LogP contribution is 2.20. The Balaban J connectivity index is 1.85. The van der Waals surface area contributed by atoms with Crippen molar-refractivity contribution in [2.24, 2.45) is 0 Å². The molecule has 1 aromatic heterocycles. The van der Waals surface area contributed by atoms with E-state index in [0.717, 1.165) is 6.54 Å². The van der Waals surface area contributed by atoms with Gasteiger partial charge in [0, 0.05) is 32.1 Å². The minimum absolute atomic E-state index is 0.390. The third-order valence-corrected chi connectivity index (χ3v) is 3.49. The van der Waals surface area contributed by atoms with Crippen molar-refractivity contribution in [1.82, 2.24) is 10.3 Å². The van der Waals surface area contributed by atoms with Gasteiger partial charge >= 0.3 is 0 Å². The van der Waals surface area contributed by atoms with Crippen LogP contribution < -0.4 is 5.32 Å². The first-order chi connectivity index (χ1) is 7.90. The van der Waals surface area contributed by atoms with Gasteiger partial charge in [-0.3, -0.25) is 0 Å². The smallest absolute Gasteiger partial charge is 0.0724 e. The molecule has 0 bridgehead atoms. The molecule has 2 N–H and O–H groups in total. The molecule has 3 heteroatoms. The minimum Gasteiger partial charge on any atom is -0.380 e. The van der Waals surface area contributed by atoms with Crippen molar-refractivity contribution in [2.45, 2.75) is 50.8 Å². The Morgan fingerprint density at radius 3 is 3.00 bits per heavy atom. The molecule has 1 aliphatic carbocycles. The van der Waals surface area contributed by atoms with Crippen molar-refractivity contribution in [2.75, 3.05) is 7.11 Å². The van der Waals surface area contributed by atoms with Gasteiger partial charge in [0.15, 0.2) is 0 Å². The maximum absolute atomic E-state index is 5.58. The highest BCUT2D eigenvalue weighted by atomic mass is 16.5. The summed E-state index contributed by atoms with van der Waals surface area (Å²) in [5.41, 5.74) is 1.32. The average molecular weight is 222 g/mol. The molecular weight excluding hydrogens is 200 g/mol. The fourth-order valence-corrected chi connectivity index (χ4v) is 2.51. The molecule has 0 spiro atoms. The fourth-order valence-electron chi connectivity index (χ4n) is 2.51. The van der Waals surface area contributed by atoms with E-state index in [0.29, 0.717) is 12.1 Å². The SMILES string of the molecule is COC1CCCCCC1NCc1cc[nH]c1. The molecule has 90 valence electrons. The van der Waals surface area contributed by atoms with E-state index in [1.54, 1.807) is 0 Å². The Morgan fingerprint density at radius 2 is 2.25 bits per heavy atom. The second-order valence-electron chi connectivity index (χ2n) is 4.62. The van der Waals surface area contributed by atoms with Crippen LogP contribution in [0.15, 0.2) is 18.5 Å². The van der Waals surface area contributed by atoms with Crippen molar-refractivity contribution in [3.63, 3.8) is 0 Å². The summed E-state index contributed by atoms with van der Waals surface area (Å²) in [6.07, 6.45) is 10.8. The number of ether oxygens (including phenoxy) is 1. The Kier molecular flexibility index (Phi) is 4.43. The molecule has 1 fully saturated rings. The predicted octanol–water partition coefficient (Wildman–Crippen LogP) is 2.45. The molecule has 1 aromatic rings. The summed E-state index contributed by atoms with van der Waals surface area (Å²) in [4.78, 5) is 3.08. The number of aromatic nitrogens is 1. The lowest BCUT2D eigenvalue weighted by atomic mass is 10.1. The summed E-state index contributed by atoms with van der Waals surface area (Å²) in [7, 11) is 1.83. The fraction of sp³-hybridized carbons (Fsp3) is 0.692. The van der Waals surface area contributed by atoms with E-state index in [2.05, 4.69) is 16.4 Å². The van der Waals surface area contributed by atoms with Gasteiger partial charge in [-0.25, -0.2) is 0 Å². The van der Waals surface area contributed by atoms with E-state index in [9.17, 15) is 0 Å². The van der Waals surface area contributed by atoms with E-state index in [1.165, 1.54) is 37.7 Å². The van der Waals surface area contributed by atoms with Crippen LogP contribution in [0.4, 0.5) is 0 Å². The molecule has 0 saturated heterocycles. The first-order valence-corrected chi connectivity index (χ1v) is 6.28. The van der Waals surface area contributed by atoms with Gasteiger partial charge in [-0.2, -0.15) is 0 Å². The topological polar surface area (TPSA) is 37.0 Å². The molecular formula is C13H22N2O. The number of nitrogens with one attached hydrogen (secondary N) is 2. The number of methoxy groups -OCH3 is 1. The molecule has 1 aliphatic rings. The maximum atomic E-state index is 5.58. The lowest BCUT2D eigenvalue weighted by Crippen LogP contribution is -2.39. The monoisotopic (exact) mass is 222 g/mol. The molecule has 2 rings (SSSR count). The summed E-state index contributed by atoms with van der Waals surface area (Å²) in [5, 5.41) is 3.62.